The number of hydrogen-bond acceptors (Lipinski definition) is 4. The molecule has 5 heteroatoms. The number of nitrogens with zero attached hydrogens (tertiary/aromatic N) is 1. The van der Waals surface area contributed by atoms with Gasteiger partial charge in [-0.1, -0.05) is 18.9 Å². The standard InChI is InChI=1S/C17H32N2O2S/c1-11-7-12-8-13(10-17(4,21)9-12)14(11)18-15(20)16(2,3)19(5)22-6/h11-14,21H,7-10H2,1-6H3,(H,18,20). The third-order valence-corrected chi connectivity index (χ3v) is 6.81. The van der Waals surface area contributed by atoms with Crippen LogP contribution < -0.4 is 5.32 Å². The van der Waals surface area contributed by atoms with Crippen molar-refractivity contribution in [2.45, 2.75) is 70.6 Å². The van der Waals surface area contributed by atoms with E-state index >= 15 is 0 Å². The summed E-state index contributed by atoms with van der Waals surface area (Å²) in [6.07, 6.45) is 5.95. The number of amides is 1. The molecule has 0 aromatic carbocycles. The SMILES string of the molecule is CSN(C)C(C)(C)C(=O)NC1C(C)CC2CC1CC(C)(O)C2. The summed E-state index contributed by atoms with van der Waals surface area (Å²) in [7, 11) is 1.95. The van der Waals surface area contributed by atoms with Gasteiger partial charge in [0.15, 0.2) is 0 Å². The molecule has 0 spiro atoms. The summed E-state index contributed by atoms with van der Waals surface area (Å²) in [5, 5.41) is 13.8. The maximum Gasteiger partial charge on any atom is 0.241 e. The van der Waals surface area contributed by atoms with E-state index in [2.05, 4.69) is 12.2 Å². The molecule has 0 saturated heterocycles. The molecule has 0 aliphatic heterocycles. The molecule has 5 unspecified atom stereocenters. The molecule has 1 amide bonds. The van der Waals surface area contributed by atoms with Gasteiger partial charge in [-0.05, 0) is 77.5 Å². The molecule has 2 rings (SSSR count). The van der Waals surface area contributed by atoms with Crippen LogP contribution in [-0.4, -0.2) is 45.8 Å². The highest BCUT2D eigenvalue weighted by atomic mass is 32.2. The minimum atomic E-state index is -0.567. The van der Waals surface area contributed by atoms with Crippen LogP contribution in [0.4, 0.5) is 0 Å². The van der Waals surface area contributed by atoms with Crippen molar-refractivity contribution < 1.29 is 9.90 Å². The van der Waals surface area contributed by atoms with E-state index in [1.165, 1.54) is 0 Å². The lowest BCUT2D eigenvalue weighted by Gasteiger charge is -2.50. The zero-order chi connectivity index (χ0) is 16.7. The van der Waals surface area contributed by atoms with Crippen LogP contribution in [0.2, 0.25) is 0 Å². The Labute approximate surface area is 139 Å². The highest BCUT2D eigenvalue weighted by Crippen LogP contribution is 2.46. The first-order valence-corrected chi connectivity index (χ1v) is 9.56. The van der Waals surface area contributed by atoms with Gasteiger partial charge in [0.1, 0.15) is 5.54 Å². The van der Waals surface area contributed by atoms with Crippen molar-refractivity contribution in [3.8, 4) is 0 Å². The van der Waals surface area contributed by atoms with Crippen LogP contribution in [0.1, 0.15) is 53.4 Å². The Morgan fingerprint density at radius 3 is 2.59 bits per heavy atom. The molecule has 128 valence electrons. The second kappa shape index (κ2) is 6.33. The van der Waals surface area contributed by atoms with Crippen LogP contribution >= 0.6 is 11.9 Å². The maximum atomic E-state index is 12.8. The van der Waals surface area contributed by atoms with Gasteiger partial charge < -0.3 is 10.4 Å². The monoisotopic (exact) mass is 328 g/mol. The van der Waals surface area contributed by atoms with Crippen molar-refractivity contribution in [1.82, 2.24) is 9.62 Å². The molecule has 2 saturated carbocycles. The number of likely N-dealkylation sites (N-methyl/N-ethyl adjacent to an activating group) is 1. The lowest BCUT2D eigenvalue weighted by Crippen LogP contribution is -2.59. The number of nitrogens with one attached hydrogen (secondary N) is 1. The molecular weight excluding hydrogens is 296 g/mol. The third-order valence-electron chi connectivity index (χ3n) is 5.81. The van der Waals surface area contributed by atoms with Gasteiger partial charge in [0.05, 0.1) is 5.60 Å². The van der Waals surface area contributed by atoms with Crippen LogP contribution in [0, 0.1) is 17.8 Å². The number of hydrogen-bond donors (Lipinski definition) is 2. The Hall–Kier alpha value is -0.260. The third kappa shape index (κ3) is 3.62. The van der Waals surface area contributed by atoms with Gasteiger partial charge in [0.25, 0.3) is 0 Å². The molecule has 0 heterocycles. The van der Waals surface area contributed by atoms with E-state index in [0.29, 0.717) is 17.8 Å². The molecular formula is C17H32N2O2S. The molecule has 0 aromatic rings. The zero-order valence-corrected chi connectivity index (χ0v) is 15.7. The number of aliphatic hydroxyl groups is 1. The Kier molecular flexibility index (Phi) is 5.20. The average molecular weight is 329 g/mol. The molecule has 2 fully saturated rings. The van der Waals surface area contributed by atoms with Crippen LogP contribution in [0.15, 0.2) is 0 Å². The molecule has 0 aromatic heterocycles. The molecule has 5 atom stereocenters. The zero-order valence-electron chi connectivity index (χ0n) is 14.8. The Morgan fingerprint density at radius 2 is 2.00 bits per heavy atom. The second-order valence-electron chi connectivity index (χ2n) is 8.22. The first-order chi connectivity index (χ1) is 10.1. The summed E-state index contributed by atoms with van der Waals surface area (Å²) in [5.41, 5.74) is -1.10. The number of rotatable bonds is 4. The van der Waals surface area contributed by atoms with E-state index in [1.807, 2.05) is 38.4 Å². The van der Waals surface area contributed by atoms with Gasteiger partial charge in [0, 0.05) is 6.04 Å². The minimum Gasteiger partial charge on any atom is -0.390 e. The van der Waals surface area contributed by atoms with Crippen molar-refractivity contribution in [3.05, 3.63) is 0 Å². The van der Waals surface area contributed by atoms with Crippen molar-refractivity contribution in [3.63, 3.8) is 0 Å². The van der Waals surface area contributed by atoms with Crippen molar-refractivity contribution in [2.24, 2.45) is 17.8 Å². The van der Waals surface area contributed by atoms with Crippen molar-refractivity contribution in [2.75, 3.05) is 13.3 Å². The summed E-state index contributed by atoms with van der Waals surface area (Å²) in [5.74, 6) is 1.58. The fourth-order valence-corrected chi connectivity index (χ4v) is 4.95. The molecule has 22 heavy (non-hydrogen) atoms. The quantitative estimate of drug-likeness (QED) is 0.779. The average Bonchev–Trinajstić information content (AvgIpc) is 2.39. The van der Waals surface area contributed by atoms with Crippen LogP contribution in [-0.2, 0) is 4.79 Å². The fourth-order valence-electron chi connectivity index (χ4n) is 4.41. The second-order valence-corrected chi connectivity index (χ2v) is 9.13. The molecule has 2 aliphatic rings. The van der Waals surface area contributed by atoms with Gasteiger partial charge in [0.2, 0.25) is 5.91 Å². The van der Waals surface area contributed by atoms with Gasteiger partial charge in [-0.3, -0.25) is 4.79 Å². The van der Waals surface area contributed by atoms with Gasteiger partial charge in [-0.15, -0.1) is 0 Å². The lowest BCUT2D eigenvalue weighted by molar-refractivity contribution is -0.132. The van der Waals surface area contributed by atoms with Gasteiger partial charge >= 0.3 is 0 Å². The van der Waals surface area contributed by atoms with Crippen LogP contribution in [0.3, 0.4) is 0 Å². The highest BCUT2D eigenvalue weighted by molar-refractivity contribution is 7.96. The molecule has 4 nitrogen and oxygen atoms in total. The Balaban J connectivity index is 2.09. The largest absolute Gasteiger partial charge is 0.390 e. The van der Waals surface area contributed by atoms with E-state index in [-0.39, 0.29) is 11.9 Å². The summed E-state index contributed by atoms with van der Waals surface area (Å²) < 4.78 is 2.00. The fraction of sp³-hybridized carbons (Fsp3) is 0.941. The summed E-state index contributed by atoms with van der Waals surface area (Å²) in [4.78, 5) is 12.8. The van der Waals surface area contributed by atoms with Crippen LogP contribution in [0.5, 0.6) is 0 Å². The predicted molar refractivity (Wildman–Crippen MR) is 92.5 cm³/mol. The van der Waals surface area contributed by atoms with Gasteiger partial charge in [-0.2, -0.15) is 0 Å². The topological polar surface area (TPSA) is 52.6 Å². The summed E-state index contributed by atoms with van der Waals surface area (Å²) in [6.45, 7) is 8.13. The van der Waals surface area contributed by atoms with Crippen molar-refractivity contribution >= 4 is 17.9 Å². The van der Waals surface area contributed by atoms with Crippen LogP contribution in [0.25, 0.3) is 0 Å². The molecule has 0 radical (unpaired) electrons. The number of fused-ring (bicyclic) bond motifs is 2. The first kappa shape index (κ1) is 18.1. The van der Waals surface area contributed by atoms with E-state index in [4.69, 9.17) is 0 Å². The smallest absolute Gasteiger partial charge is 0.241 e. The summed E-state index contributed by atoms with van der Waals surface area (Å²) >= 11 is 1.57. The van der Waals surface area contributed by atoms with Crippen molar-refractivity contribution in [1.29, 1.82) is 0 Å². The summed E-state index contributed by atoms with van der Waals surface area (Å²) in [6, 6.07) is 0.185. The normalized spacial score (nSPS) is 38.9. The van der Waals surface area contributed by atoms with Gasteiger partial charge in [-0.25, -0.2) is 4.31 Å². The first-order valence-electron chi connectivity index (χ1n) is 8.38. The highest BCUT2D eigenvalue weighted by Gasteiger charge is 2.46. The Morgan fingerprint density at radius 1 is 1.36 bits per heavy atom. The number of carbonyl (C=O) groups excluding carboxylic acids is 1. The van der Waals surface area contributed by atoms with E-state index in [0.717, 1.165) is 25.7 Å². The van der Waals surface area contributed by atoms with E-state index < -0.39 is 11.1 Å². The minimum absolute atomic E-state index is 0.0878. The number of carbonyl (C=O) groups is 1. The molecule has 2 bridgehead atoms. The van der Waals surface area contributed by atoms with E-state index in [1.54, 1.807) is 11.9 Å². The molecule has 2 aliphatic carbocycles. The predicted octanol–water partition coefficient (Wildman–Crippen LogP) is 2.67. The Bertz CT molecular complexity index is 423. The molecule has 2 N–H and O–H groups in total. The lowest BCUT2D eigenvalue weighted by atomic mass is 9.61. The maximum absolute atomic E-state index is 12.8. The van der Waals surface area contributed by atoms with E-state index in [9.17, 15) is 9.90 Å².